The van der Waals surface area contributed by atoms with Crippen molar-refractivity contribution in [2.45, 2.75) is 40.2 Å². The van der Waals surface area contributed by atoms with Crippen LogP contribution in [0.3, 0.4) is 0 Å². The van der Waals surface area contributed by atoms with Crippen LogP contribution in [-0.4, -0.2) is 18.4 Å². The van der Waals surface area contributed by atoms with Crippen molar-refractivity contribution in [2.75, 3.05) is 11.9 Å². The minimum atomic E-state index is -0.688. The molecular weight excluding hydrogens is 328 g/mol. The number of amides is 2. The number of ether oxygens (including phenoxy) is 1. The third-order valence-electron chi connectivity index (χ3n) is 4.11. The fourth-order valence-corrected chi connectivity index (χ4v) is 2.64. The van der Waals surface area contributed by atoms with E-state index in [2.05, 4.69) is 17.6 Å². The number of rotatable bonds is 6. The average molecular weight is 354 g/mol. The normalized spacial score (nSPS) is 11.5. The summed E-state index contributed by atoms with van der Waals surface area (Å²) in [7, 11) is 0. The largest absolute Gasteiger partial charge is 0.494 e. The fraction of sp³-hybridized carbons (Fsp3) is 0.333. The average Bonchev–Trinajstić information content (AvgIpc) is 2.63. The third kappa shape index (κ3) is 5.09. The van der Waals surface area contributed by atoms with E-state index in [1.54, 1.807) is 12.1 Å². The number of aryl methyl sites for hydroxylation is 2. The molecule has 5 nitrogen and oxygen atoms in total. The zero-order chi connectivity index (χ0) is 19.1. The maximum absolute atomic E-state index is 12.2. The molecule has 0 saturated carbocycles. The Hall–Kier alpha value is -2.82. The monoisotopic (exact) mass is 354 g/mol. The van der Waals surface area contributed by atoms with Crippen LogP contribution in [0.25, 0.3) is 0 Å². The summed E-state index contributed by atoms with van der Waals surface area (Å²) in [6, 6.07) is 12.9. The van der Waals surface area contributed by atoms with Crippen LogP contribution in [-0.2, 0) is 16.0 Å². The molecule has 0 aliphatic rings. The molecule has 1 unspecified atom stereocenters. The fourth-order valence-electron chi connectivity index (χ4n) is 2.64. The second-order valence-corrected chi connectivity index (χ2v) is 6.17. The van der Waals surface area contributed by atoms with Crippen molar-refractivity contribution < 1.29 is 14.3 Å². The van der Waals surface area contributed by atoms with Gasteiger partial charge in [-0.3, -0.25) is 9.59 Å². The molecule has 0 saturated heterocycles. The van der Waals surface area contributed by atoms with Crippen LogP contribution in [0.5, 0.6) is 5.75 Å². The summed E-state index contributed by atoms with van der Waals surface area (Å²) >= 11 is 0. The van der Waals surface area contributed by atoms with E-state index < -0.39 is 11.8 Å². The van der Waals surface area contributed by atoms with Gasteiger partial charge in [0.1, 0.15) is 5.75 Å². The lowest BCUT2D eigenvalue weighted by Gasteiger charge is -2.18. The van der Waals surface area contributed by atoms with Gasteiger partial charge in [-0.15, -0.1) is 0 Å². The zero-order valence-corrected chi connectivity index (χ0v) is 15.8. The highest BCUT2D eigenvalue weighted by molar-refractivity contribution is 6.39. The molecule has 5 heteroatoms. The van der Waals surface area contributed by atoms with E-state index in [1.165, 1.54) is 5.56 Å². The molecule has 2 N–H and O–H groups in total. The van der Waals surface area contributed by atoms with E-state index in [9.17, 15) is 9.59 Å². The molecule has 0 heterocycles. The van der Waals surface area contributed by atoms with Crippen molar-refractivity contribution in [2.24, 2.45) is 0 Å². The van der Waals surface area contributed by atoms with Crippen molar-refractivity contribution >= 4 is 17.5 Å². The predicted molar refractivity (Wildman–Crippen MR) is 103 cm³/mol. The van der Waals surface area contributed by atoms with E-state index in [1.807, 2.05) is 51.1 Å². The molecule has 2 rings (SSSR count). The SMILES string of the molecule is CCOc1ccc(C)cc1C(C)NC(=O)C(=O)Nc1ccc(CC)cc1. The molecule has 26 heavy (non-hydrogen) atoms. The first-order chi connectivity index (χ1) is 12.4. The van der Waals surface area contributed by atoms with Crippen LogP contribution in [0.1, 0.15) is 43.5 Å². The summed E-state index contributed by atoms with van der Waals surface area (Å²) in [6.45, 7) is 8.30. The Bertz CT molecular complexity index is 769. The standard InChI is InChI=1S/C21H26N2O3/c1-5-16-8-10-17(11-9-16)23-21(25)20(24)22-15(4)18-13-14(3)7-12-19(18)26-6-2/h7-13,15H,5-6H2,1-4H3,(H,22,24)(H,23,25). The summed E-state index contributed by atoms with van der Waals surface area (Å²) in [5.74, 6) is -0.658. The summed E-state index contributed by atoms with van der Waals surface area (Å²) in [6.07, 6.45) is 0.922. The van der Waals surface area contributed by atoms with Crippen molar-refractivity contribution in [3.63, 3.8) is 0 Å². The topological polar surface area (TPSA) is 67.4 Å². The van der Waals surface area contributed by atoms with Crippen molar-refractivity contribution in [1.82, 2.24) is 5.32 Å². The molecular formula is C21H26N2O3. The minimum absolute atomic E-state index is 0.350. The first-order valence-corrected chi connectivity index (χ1v) is 8.88. The molecule has 0 radical (unpaired) electrons. The van der Waals surface area contributed by atoms with Crippen LogP contribution in [0.15, 0.2) is 42.5 Å². The maximum atomic E-state index is 12.2. The molecule has 0 fully saturated rings. The Morgan fingerprint density at radius 2 is 1.73 bits per heavy atom. The molecule has 2 aromatic carbocycles. The molecule has 1 atom stereocenters. The van der Waals surface area contributed by atoms with Gasteiger partial charge in [0.2, 0.25) is 0 Å². The van der Waals surface area contributed by atoms with Crippen LogP contribution in [0.2, 0.25) is 0 Å². The quantitative estimate of drug-likeness (QED) is 0.776. The van der Waals surface area contributed by atoms with E-state index in [4.69, 9.17) is 4.74 Å². The Balaban J connectivity index is 2.03. The smallest absolute Gasteiger partial charge is 0.313 e. The maximum Gasteiger partial charge on any atom is 0.313 e. The Morgan fingerprint density at radius 1 is 1.04 bits per heavy atom. The highest BCUT2D eigenvalue weighted by atomic mass is 16.5. The highest BCUT2D eigenvalue weighted by Crippen LogP contribution is 2.26. The van der Waals surface area contributed by atoms with Gasteiger partial charge >= 0.3 is 11.8 Å². The van der Waals surface area contributed by atoms with Gasteiger partial charge < -0.3 is 15.4 Å². The van der Waals surface area contributed by atoms with Gasteiger partial charge in [0, 0.05) is 11.3 Å². The summed E-state index contributed by atoms with van der Waals surface area (Å²) in [5, 5.41) is 5.35. The molecule has 0 bridgehead atoms. The highest BCUT2D eigenvalue weighted by Gasteiger charge is 2.19. The number of nitrogens with one attached hydrogen (secondary N) is 2. The second kappa shape index (κ2) is 9.04. The van der Waals surface area contributed by atoms with Gasteiger partial charge in [0.05, 0.1) is 12.6 Å². The lowest BCUT2D eigenvalue weighted by atomic mass is 10.0. The van der Waals surface area contributed by atoms with Crippen molar-refractivity contribution in [1.29, 1.82) is 0 Å². The van der Waals surface area contributed by atoms with Crippen molar-refractivity contribution in [3.05, 3.63) is 59.2 Å². The third-order valence-corrected chi connectivity index (χ3v) is 4.11. The second-order valence-electron chi connectivity index (χ2n) is 6.17. The molecule has 138 valence electrons. The van der Waals surface area contributed by atoms with Crippen LogP contribution in [0.4, 0.5) is 5.69 Å². The van der Waals surface area contributed by atoms with Crippen LogP contribution < -0.4 is 15.4 Å². The van der Waals surface area contributed by atoms with Crippen LogP contribution in [0, 0.1) is 6.92 Å². The summed E-state index contributed by atoms with van der Waals surface area (Å²) in [4.78, 5) is 24.4. The van der Waals surface area contributed by atoms with E-state index in [0.29, 0.717) is 18.0 Å². The van der Waals surface area contributed by atoms with Gasteiger partial charge in [-0.25, -0.2) is 0 Å². The molecule has 0 spiro atoms. The Labute approximate surface area is 154 Å². The molecule has 0 aliphatic carbocycles. The van der Waals surface area contributed by atoms with Gasteiger partial charge in [-0.05, 0) is 51.0 Å². The van der Waals surface area contributed by atoms with Crippen molar-refractivity contribution in [3.8, 4) is 5.75 Å². The predicted octanol–water partition coefficient (Wildman–Crippen LogP) is 3.77. The number of benzene rings is 2. The lowest BCUT2D eigenvalue weighted by Crippen LogP contribution is -2.37. The number of carbonyl (C=O) groups is 2. The van der Waals surface area contributed by atoms with Gasteiger partial charge in [0.15, 0.2) is 0 Å². The first kappa shape index (κ1) is 19.5. The molecule has 0 aliphatic heterocycles. The number of carbonyl (C=O) groups excluding carboxylic acids is 2. The number of anilines is 1. The zero-order valence-electron chi connectivity index (χ0n) is 15.8. The van der Waals surface area contributed by atoms with Gasteiger partial charge in [0.25, 0.3) is 0 Å². The number of hydrogen-bond donors (Lipinski definition) is 2. The first-order valence-electron chi connectivity index (χ1n) is 8.88. The molecule has 0 aromatic heterocycles. The van der Waals surface area contributed by atoms with E-state index in [0.717, 1.165) is 17.5 Å². The minimum Gasteiger partial charge on any atom is -0.494 e. The Kier molecular flexibility index (Phi) is 6.78. The molecule has 2 amide bonds. The van der Waals surface area contributed by atoms with E-state index >= 15 is 0 Å². The number of hydrogen-bond acceptors (Lipinski definition) is 3. The molecule has 2 aromatic rings. The van der Waals surface area contributed by atoms with Gasteiger partial charge in [-0.1, -0.05) is 36.8 Å². The summed E-state index contributed by atoms with van der Waals surface area (Å²) < 4.78 is 5.62. The summed E-state index contributed by atoms with van der Waals surface area (Å²) in [5.41, 5.74) is 3.68. The lowest BCUT2D eigenvalue weighted by molar-refractivity contribution is -0.136. The van der Waals surface area contributed by atoms with Gasteiger partial charge in [-0.2, -0.15) is 0 Å². The Morgan fingerprint density at radius 3 is 2.35 bits per heavy atom. The van der Waals surface area contributed by atoms with Crippen LogP contribution >= 0.6 is 0 Å². The van der Waals surface area contributed by atoms with E-state index in [-0.39, 0.29) is 6.04 Å².